The van der Waals surface area contributed by atoms with Gasteiger partial charge in [0.1, 0.15) is 0 Å². The molecule has 0 saturated carbocycles. The summed E-state index contributed by atoms with van der Waals surface area (Å²) in [5, 5.41) is 0.804. The molecule has 0 radical (unpaired) electrons. The molecule has 0 aliphatic carbocycles. The first kappa shape index (κ1) is 54.0. The van der Waals surface area contributed by atoms with Gasteiger partial charge in [-0.3, -0.25) is 4.99 Å². The third-order valence-corrected chi connectivity index (χ3v) is 7.41. The molecule has 9 heteroatoms. The monoisotopic (exact) mass is 788 g/mol. The number of rotatable bonds is 10. The topological polar surface area (TPSA) is 81.6 Å². The number of nitrogens with zero attached hydrogens (tertiary/aromatic N) is 5. The summed E-state index contributed by atoms with van der Waals surface area (Å²) < 4.78 is 3.17. The van der Waals surface area contributed by atoms with Crippen molar-refractivity contribution in [3.05, 3.63) is 91.6 Å². The van der Waals surface area contributed by atoms with Gasteiger partial charge in [0.25, 0.3) is 0 Å². The molecule has 8 nitrogen and oxygen atoms in total. The summed E-state index contributed by atoms with van der Waals surface area (Å²) in [4.78, 5) is 43.4. The lowest BCUT2D eigenvalue weighted by Gasteiger charge is -2.20. The fraction of sp³-hybridized carbons (Fsp3) is 0.696. The summed E-state index contributed by atoms with van der Waals surface area (Å²) in [6.45, 7) is 48.1. The molecule has 316 valence electrons. The SMILES string of the molecule is C=CCn1c(=O)n(CC=C)c(=O)n(CCCC(C)(C)C)c1=O.CC(C)(C)C.CC(C)(C)C.CC(C)(C)CCCN1C=NCC1.CC(C)(C)c1ccc(Cl)cc1. The van der Waals surface area contributed by atoms with Gasteiger partial charge in [0, 0.05) is 24.7 Å². The lowest BCUT2D eigenvalue weighted by Crippen LogP contribution is -2.54. The first-order valence-corrected chi connectivity index (χ1v) is 20.3. The zero-order chi connectivity index (χ0) is 43.4. The van der Waals surface area contributed by atoms with Gasteiger partial charge in [-0.2, -0.15) is 0 Å². The van der Waals surface area contributed by atoms with Crippen LogP contribution in [0.4, 0.5) is 0 Å². The van der Waals surface area contributed by atoms with Crippen LogP contribution < -0.4 is 17.1 Å². The average Bonchev–Trinajstić information content (AvgIpc) is 3.50. The van der Waals surface area contributed by atoms with E-state index in [1.165, 1.54) is 37.1 Å². The molecule has 0 atom stereocenters. The van der Waals surface area contributed by atoms with E-state index in [1.807, 2.05) is 18.5 Å². The van der Waals surface area contributed by atoms with Crippen molar-refractivity contribution in [1.29, 1.82) is 0 Å². The van der Waals surface area contributed by atoms with E-state index in [1.54, 1.807) is 0 Å². The van der Waals surface area contributed by atoms with Crippen LogP contribution in [0.2, 0.25) is 5.02 Å². The van der Waals surface area contributed by atoms with Gasteiger partial charge in [-0.05, 0) is 70.5 Å². The molecule has 0 fully saturated rings. The van der Waals surface area contributed by atoms with E-state index >= 15 is 0 Å². The molecule has 1 aliphatic rings. The highest BCUT2D eigenvalue weighted by atomic mass is 35.5. The first-order valence-electron chi connectivity index (χ1n) is 20.0. The predicted molar refractivity (Wildman–Crippen MR) is 242 cm³/mol. The van der Waals surface area contributed by atoms with Gasteiger partial charge in [-0.1, -0.05) is 154 Å². The normalized spacial score (nSPS) is 12.9. The van der Waals surface area contributed by atoms with Gasteiger partial charge < -0.3 is 4.90 Å². The molecule has 0 bridgehead atoms. The smallest absolute Gasteiger partial charge is 0.336 e. The molecule has 2 heterocycles. The van der Waals surface area contributed by atoms with Crippen LogP contribution in [0.5, 0.6) is 0 Å². The van der Waals surface area contributed by atoms with Gasteiger partial charge in [-0.15, -0.1) is 13.2 Å². The molecule has 1 aliphatic heterocycles. The largest absolute Gasteiger partial charge is 0.361 e. The summed E-state index contributed by atoms with van der Waals surface area (Å²) in [5.74, 6) is 0. The Labute approximate surface area is 341 Å². The second-order valence-corrected chi connectivity index (χ2v) is 21.4. The van der Waals surface area contributed by atoms with E-state index in [4.69, 9.17) is 11.6 Å². The molecule has 1 aromatic heterocycles. The average molecular weight is 789 g/mol. The highest BCUT2D eigenvalue weighted by molar-refractivity contribution is 6.30. The van der Waals surface area contributed by atoms with Gasteiger partial charge >= 0.3 is 17.1 Å². The summed E-state index contributed by atoms with van der Waals surface area (Å²) in [5.41, 5.74) is 1.37. The van der Waals surface area contributed by atoms with Crippen LogP contribution in [-0.2, 0) is 25.0 Å². The van der Waals surface area contributed by atoms with Crippen molar-refractivity contribution >= 4 is 17.9 Å². The third kappa shape index (κ3) is 29.8. The fourth-order valence-electron chi connectivity index (χ4n) is 4.56. The maximum Gasteiger partial charge on any atom is 0.336 e. The minimum absolute atomic E-state index is 0.0777. The Morgan fingerprint density at radius 1 is 0.618 bits per heavy atom. The maximum atomic E-state index is 12.4. The Balaban J connectivity index is 0. The van der Waals surface area contributed by atoms with Crippen LogP contribution in [0.3, 0.4) is 0 Å². The Bertz CT molecular complexity index is 1520. The van der Waals surface area contributed by atoms with Gasteiger partial charge in [0.05, 0.1) is 26.0 Å². The van der Waals surface area contributed by atoms with Crippen molar-refractivity contribution in [2.75, 3.05) is 19.6 Å². The van der Waals surface area contributed by atoms with Crippen molar-refractivity contribution in [3.63, 3.8) is 0 Å². The fourth-order valence-corrected chi connectivity index (χ4v) is 4.69. The Morgan fingerprint density at radius 3 is 1.29 bits per heavy atom. The van der Waals surface area contributed by atoms with E-state index in [2.05, 4.69) is 153 Å². The quantitative estimate of drug-likeness (QED) is 0.225. The molecule has 0 spiro atoms. The number of aromatic nitrogens is 3. The Hall–Kier alpha value is -3.13. The van der Waals surface area contributed by atoms with Crippen LogP contribution in [0.15, 0.2) is 69.0 Å². The van der Waals surface area contributed by atoms with E-state index in [-0.39, 0.29) is 23.9 Å². The van der Waals surface area contributed by atoms with Crippen LogP contribution in [0.25, 0.3) is 0 Å². The molecule has 1 aromatic carbocycles. The van der Waals surface area contributed by atoms with Crippen LogP contribution >= 0.6 is 11.6 Å². The number of aliphatic imine (C=N–C) groups is 1. The first-order chi connectivity index (χ1) is 24.8. The van der Waals surface area contributed by atoms with Gasteiger partial charge in [0.15, 0.2) is 0 Å². The van der Waals surface area contributed by atoms with E-state index < -0.39 is 17.1 Å². The van der Waals surface area contributed by atoms with Crippen LogP contribution in [-0.4, -0.2) is 44.6 Å². The second-order valence-electron chi connectivity index (χ2n) is 20.9. The molecule has 0 amide bonds. The molecule has 55 heavy (non-hydrogen) atoms. The number of halogens is 1. The summed E-state index contributed by atoms with van der Waals surface area (Å²) in [6, 6.07) is 8.01. The number of benzene rings is 1. The molecule has 0 saturated heterocycles. The van der Waals surface area contributed by atoms with Crippen molar-refractivity contribution in [2.45, 2.75) is 168 Å². The summed E-state index contributed by atoms with van der Waals surface area (Å²) in [7, 11) is 0. The highest BCUT2D eigenvalue weighted by Gasteiger charge is 2.16. The number of hydrogen-bond acceptors (Lipinski definition) is 5. The van der Waals surface area contributed by atoms with Crippen molar-refractivity contribution in [2.24, 2.45) is 26.7 Å². The van der Waals surface area contributed by atoms with E-state index in [0.29, 0.717) is 29.2 Å². The molecule has 0 N–H and O–H groups in total. The summed E-state index contributed by atoms with van der Waals surface area (Å²) >= 11 is 5.76. The zero-order valence-electron chi connectivity index (χ0n) is 38.4. The molecular weight excluding hydrogens is 706 g/mol. The summed E-state index contributed by atoms with van der Waals surface area (Å²) in [6.07, 6.45) is 9.07. The maximum absolute atomic E-state index is 12.4. The minimum Gasteiger partial charge on any atom is -0.361 e. The molecule has 0 unspecified atom stereocenters. The van der Waals surface area contributed by atoms with E-state index in [0.717, 1.165) is 38.2 Å². The van der Waals surface area contributed by atoms with Gasteiger partial charge in [0.2, 0.25) is 0 Å². The van der Waals surface area contributed by atoms with Crippen LogP contribution in [0, 0.1) is 21.7 Å². The van der Waals surface area contributed by atoms with Crippen LogP contribution in [0.1, 0.15) is 149 Å². The van der Waals surface area contributed by atoms with Crippen molar-refractivity contribution < 1.29 is 0 Å². The molecule has 3 rings (SSSR count). The Kier molecular flexibility index (Phi) is 24.0. The van der Waals surface area contributed by atoms with E-state index in [9.17, 15) is 14.4 Å². The molecular formula is C46H82ClN5O3. The standard InChI is InChI=1S/C16H25N3O3.C10H13Cl.C10H20N2.2C5H12/c1-6-10-17-13(20)18(11-7-2)15(22)19(14(17)21)12-8-9-16(3,4)5;1-10(2,3)8-4-6-9(11)7-5-8;1-10(2,3)5-4-7-12-8-6-11-9-12;2*1-5(2,3)4/h6-7H,1-2,8-12H2,3-5H3;4-7H,1-3H3;9H,4-8H2,1-3H3;2*1-4H3. The highest BCUT2D eigenvalue weighted by Crippen LogP contribution is 2.23. The predicted octanol–water partition coefficient (Wildman–Crippen LogP) is 11.3. The lowest BCUT2D eigenvalue weighted by molar-refractivity contribution is 0.336. The zero-order valence-corrected chi connectivity index (χ0v) is 39.1. The Morgan fingerprint density at radius 2 is 0.982 bits per heavy atom. The number of hydrogen-bond donors (Lipinski definition) is 0. The minimum atomic E-state index is -0.623. The van der Waals surface area contributed by atoms with Gasteiger partial charge in [-0.25, -0.2) is 28.1 Å². The molecule has 2 aromatic rings. The van der Waals surface area contributed by atoms with Crippen molar-refractivity contribution in [1.82, 2.24) is 18.6 Å². The van der Waals surface area contributed by atoms with Crippen molar-refractivity contribution in [3.8, 4) is 0 Å². The third-order valence-electron chi connectivity index (χ3n) is 7.16. The number of allylic oxidation sites excluding steroid dienone is 2. The second kappa shape index (κ2) is 24.5. The lowest BCUT2D eigenvalue weighted by atomic mass is 9.87.